The molecule has 1 aliphatic heterocycles. The number of hydrogen-bond acceptors (Lipinski definition) is 3. The van der Waals surface area contributed by atoms with E-state index in [2.05, 4.69) is 0 Å². The third-order valence-corrected chi connectivity index (χ3v) is 3.64. The Balaban J connectivity index is 2.41. The van der Waals surface area contributed by atoms with Gasteiger partial charge in [0.2, 0.25) is 5.91 Å². The van der Waals surface area contributed by atoms with Crippen LogP contribution in [0.4, 0.5) is 0 Å². The van der Waals surface area contributed by atoms with E-state index >= 15 is 0 Å². The van der Waals surface area contributed by atoms with E-state index < -0.39 is 5.97 Å². The van der Waals surface area contributed by atoms with Crippen LogP contribution >= 0.6 is 0 Å². The molecule has 1 fully saturated rings. The number of likely N-dealkylation sites (tertiary alicyclic amines) is 1. The summed E-state index contributed by atoms with van der Waals surface area (Å²) >= 11 is 0. The van der Waals surface area contributed by atoms with E-state index in [0.717, 1.165) is 6.42 Å². The van der Waals surface area contributed by atoms with Crippen LogP contribution in [0.25, 0.3) is 0 Å². The summed E-state index contributed by atoms with van der Waals surface area (Å²) in [5, 5.41) is 9.01. The highest BCUT2D eigenvalue weighted by Gasteiger charge is 2.32. The van der Waals surface area contributed by atoms with Crippen molar-refractivity contribution < 1.29 is 19.4 Å². The van der Waals surface area contributed by atoms with Crippen molar-refractivity contribution in [2.75, 3.05) is 19.7 Å². The first-order valence-electron chi connectivity index (χ1n) is 6.57. The van der Waals surface area contributed by atoms with E-state index in [0.29, 0.717) is 19.5 Å². The fourth-order valence-corrected chi connectivity index (χ4v) is 2.16. The fraction of sp³-hybridized carbons (Fsp3) is 0.846. The van der Waals surface area contributed by atoms with Crippen LogP contribution in [0.3, 0.4) is 0 Å². The van der Waals surface area contributed by atoms with Crippen molar-refractivity contribution >= 4 is 11.9 Å². The highest BCUT2D eigenvalue weighted by atomic mass is 16.5. The topological polar surface area (TPSA) is 66.8 Å². The van der Waals surface area contributed by atoms with Gasteiger partial charge in [0, 0.05) is 13.1 Å². The maximum atomic E-state index is 11.9. The molecule has 1 aliphatic rings. The smallest absolute Gasteiger partial charge is 0.306 e. The van der Waals surface area contributed by atoms with Crippen molar-refractivity contribution in [3.05, 3.63) is 0 Å². The van der Waals surface area contributed by atoms with Crippen LogP contribution in [0.2, 0.25) is 0 Å². The fourth-order valence-electron chi connectivity index (χ4n) is 2.16. The first-order chi connectivity index (χ1) is 8.45. The molecule has 0 bridgehead atoms. The van der Waals surface area contributed by atoms with Crippen LogP contribution in [0.5, 0.6) is 0 Å². The number of hydrogen-bond donors (Lipinski definition) is 1. The van der Waals surface area contributed by atoms with Gasteiger partial charge in [-0.1, -0.05) is 13.8 Å². The molecule has 1 N–H and O–H groups in total. The van der Waals surface area contributed by atoms with E-state index in [-0.39, 0.29) is 30.5 Å². The lowest BCUT2D eigenvalue weighted by atomic mass is 9.87. The van der Waals surface area contributed by atoms with Crippen LogP contribution in [0, 0.1) is 11.8 Å². The van der Waals surface area contributed by atoms with Gasteiger partial charge in [-0.05, 0) is 25.7 Å². The number of piperidine rings is 1. The summed E-state index contributed by atoms with van der Waals surface area (Å²) in [4.78, 5) is 24.6. The van der Waals surface area contributed by atoms with Crippen molar-refractivity contribution in [1.82, 2.24) is 4.90 Å². The molecule has 18 heavy (non-hydrogen) atoms. The summed E-state index contributed by atoms with van der Waals surface area (Å²) in [7, 11) is 0. The number of aliphatic carboxylic acids is 1. The summed E-state index contributed by atoms with van der Waals surface area (Å²) in [6, 6.07) is 0. The standard InChI is InChI=1S/C13H23NO4/c1-4-10(3)18-8-12(15)14-6-5-11(13(16)17)9(2)7-14/h9-11H,4-8H2,1-3H3,(H,16,17). The molecule has 0 aliphatic carbocycles. The van der Waals surface area contributed by atoms with Gasteiger partial charge in [-0.15, -0.1) is 0 Å². The maximum absolute atomic E-state index is 11.9. The van der Waals surface area contributed by atoms with Gasteiger partial charge >= 0.3 is 5.97 Å². The number of nitrogens with zero attached hydrogens (tertiary/aromatic N) is 1. The highest BCUT2D eigenvalue weighted by Crippen LogP contribution is 2.23. The molecule has 0 aromatic rings. The Hall–Kier alpha value is -1.10. The minimum atomic E-state index is -0.759. The molecule has 3 unspecified atom stereocenters. The SMILES string of the molecule is CCC(C)OCC(=O)N1CCC(C(=O)O)C(C)C1. The van der Waals surface area contributed by atoms with E-state index in [1.54, 1.807) is 4.90 Å². The van der Waals surface area contributed by atoms with Gasteiger partial charge in [0.15, 0.2) is 0 Å². The number of amides is 1. The minimum absolute atomic E-state index is 0.00352. The monoisotopic (exact) mass is 257 g/mol. The van der Waals surface area contributed by atoms with Crippen LogP contribution in [0.15, 0.2) is 0 Å². The molecule has 3 atom stereocenters. The molecule has 104 valence electrons. The van der Waals surface area contributed by atoms with Gasteiger partial charge in [0.05, 0.1) is 12.0 Å². The van der Waals surface area contributed by atoms with Crippen molar-refractivity contribution in [3.8, 4) is 0 Å². The second-order valence-corrected chi connectivity index (χ2v) is 5.08. The second-order valence-electron chi connectivity index (χ2n) is 5.08. The molecular formula is C13H23NO4. The van der Waals surface area contributed by atoms with Crippen LogP contribution < -0.4 is 0 Å². The first kappa shape index (κ1) is 15.0. The first-order valence-corrected chi connectivity index (χ1v) is 6.57. The predicted molar refractivity (Wildman–Crippen MR) is 67.2 cm³/mol. The predicted octanol–water partition coefficient (Wildman–Crippen LogP) is 1.37. The molecule has 0 radical (unpaired) electrons. The number of carbonyl (C=O) groups excluding carboxylic acids is 1. The van der Waals surface area contributed by atoms with E-state index in [9.17, 15) is 9.59 Å². The molecule has 5 heteroatoms. The zero-order chi connectivity index (χ0) is 13.7. The lowest BCUT2D eigenvalue weighted by Crippen LogP contribution is -2.46. The molecule has 0 aromatic carbocycles. The zero-order valence-corrected chi connectivity index (χ0v) is 11.4. The molecule has 0 aromatic heterocycles. The van der Waals surface area contributed by atoms with Gasteiger partial charge in [0.25, 0.3) is 0 Å². The quantitative estimate of drug-likeness (QED) is 0.807. The summed E-state index contributed by atoms with van der Waals surface area (Å²) in [5.74, 6) is -1.12. The second kappa shape index (κ2) is 6.73. The van der Waals surface area contributed by atoms with Crippen molar-refractivity contribution in [2.24, 2.45) is 11.8 Å². The molecule has 0 spiro atoms. The summed E-state index contributed by atoms with van der Waals surface area (Å²) in [6.07, 6.45) is 1.50. The Morgan fingerprint density at radius 3 is 2.67 bits per heavy atom. The zero-order valence-electron chi connectivity index (χ0n) is 11.4. The Kier molecular flexibility index (Phi) is 5.59. The van der Waals surface area contributed by atoms with Gasteiger partial charge in [-0.2, -0.15) is 0 Å². The Morgan fingerprint density at radius 2 is 2.17 bits per heavy atom. The van der Waals surface area contributed by atoms with Crippen molar-refractivity contribution in [2.45, 2.75) is 39.7 Å². The lowest BCUT2D eigenvalue weighted by Gasteiger charge is -2.35. The van der Waals surface area contributed by atoms with Gasteiger partial charge in [-0.3, -0.25) is 9.59 Å². The largest absolute Gasteiger partial charge is 0.481 e. The molecule has 1 rings (SSSR count). The molecule has 0 saturated carbocycles. The molecular weight excluding hydrogens is 234 g/mol. The normalized spacial score (nSPS) is 25.8. The molecule has 1 amide bonds. The van der Waals surface area contributed by atoms with Crippen LogP contribution in [0.1, 0.15) is 33.6 Å². The van der Waals surface area contributed by atoms with E-state index in [1.165, 1.54) is 0 Å². The third kappa shape index (κ3) is 3.98. The van der Waals surface area contributed by atoms with Crippen LogP contribution in [-0.2, 0) is 14.3 Å². The van der Waals surface area contributed by atoms with Crippen molar-refractivity contribution in [1.29, 1.82) is 0 Å². The molecule has 1 saturated heterocycles. The highest BCUT2D eigenvalue weighted by molar-refractivity contribution is 5.78. The maximum Gasteiger partial charge on any atom is 0.306 e. The number of ether oxygens (including phenoxy) is 1. The lowest BCUT2D eigenvalue weighted by molar-refractivity contribution is -0.150. The minimum Gasteiger partial charge on any atom is -0.481 e. The van der Waals surface area contributed by atoms with Gasteiger partial charge in [-0.25, -0.2) is 0 Å². The third-order valence-electron chi connectivity index (χ3n) is 3.64. The average molecular weight is 257 g/mol. The summed E-state index contributed by atoms with van der Waals surface area (Å²) in [6.45, 7) is 6.96. The molecule has 1 heterocycles. The van der Waals surface area contributed by atoms with Gasteiger partial charge in [0.1, 0.15) is 6.61 Å². The van der Waals surface area contributed by atoms with Crippen LogP contribution in [-0.4, -0.2) is 47.7 Å². The van der Waals surface area contributed by atoms with Crippen molar-refractivity contribution in [3.63, 3.8) is 0 Å². The van der Waals surface area contributed by atoms with E-state index in [4.69, 9.17) is 9.84 Å². The summed E-state index contributed by atoms with van der Waals surface area (Å²) in [5.41, 5.74) is 0. The Morgan fingerprint density at radius 1 is 1.50 bits per heavy atom. The van der Waals surface area contributed by atoms with Gasteiger partial charge < -0.3 is 14.7 Å². The summed E-state index contributed by atoms with van der Waals surface area (Å²) < 4.78 is 5.41. The Bertz CT molecular complexity index is 305. The number of carbonyl (C=O) groups is 2. The number of rotatable bonds is 5. The molecule has 5 nitrogen and oxygen atoms in total. The Labute approximate surface area is 108 Å². The van der Waals surface area contributed by atoms with E-state index in [1.807, 2.05) is 20.8 Å². The number of carboxylic acid groups (broad SMARTS) is 1. The number of carboxylic acids is 1. The average Bonchev–Trinajstić information content (AvgIpc) is 2.34.